The van der Waals surface area contributed by atoms with E-state index in [-0.39, 0.29) is 5.91 Å². The Morgan fingerprint density at radius 2 is 1.62 bits per heavy atom. The highest BCUT2D eigenvalue weighted by atomic mass is 35.5. The highest BCUT2D eigenvalue weighted by molar-refractivity contribution is 6.30. The molecule has 0 spiro atoms. The summed E-state index contributed by atoms with van der Waals surface area (Å²) in [7, 11) is 0. The Balaban J connectivity index is 1.63. The minimum atomic E-state index is -0.214. The third-order valence-corrected chi connectivity index (χ3v) is 5.14. The lowest BCUT2D eigenvalue weighted by Crippen LogP contribution is -2.14. The first kappa shape index (κ1) is 17.5. The molecule has 1 N–H and O–H groups in total. The van der Waals surface area contributed by atoms with E-state index in [9.17, 15) is 4.79 Å². The Hall–Kier alpha value is -3.63. The molecule has 0 fully saturated rings. The van der Waals surface area contributed by atoms with Crippen molar-refractivity contribution in [3.05, 3.63) is 102 Å². The number of hydrogen-bond acceptors (Lipinski definition) is 2. The van der Waals surface area contributed by atoms with Crippen molar-refractivity contribution in [3.63, 3.8) is 0 Å². The van der Waals surface area contributed by atoms with Crippen LogP contribution in [0.15, 0.2) is 91.1 Å². The zero-order chi connectivity index (χ0) is 19.8. The summed E-state index contributed by atoms with van der Waals surface area (Å²) in [5, 5.41) is 5.91. The van der Waals surface area contributed by atoms with Crippen molar-refractivity contribution in [1.29, 1.82) is 0 Å². The number of carbonyl (C=O) groups is 1. The number of fused-ring (bicyclic) bond motifs is 2. The van der Waals surface area contributed by atoms with Crippen molar-refractivity contribution >= 4 is 39.7 Å². The van der Waals surface area contributed by atoms with E-state index in [1.165, 1.54) is 0 Å². The highest BCUT2D eigenvalue weighted by Crippen LogP contribution is 2.31. The molecule has 5 aromatic rings. The Morgan fingerprint density at radius 3 is 2.45 bits per heavy atom. The number of hydrogen-bond donors (Lipinski definition) is 1. The van der Waals surface area contributed by atoms with Crippen LogP contribution in [0.1, 0.15) is 10.4 Å². The number of amides is 1. The smallest absolute Gasteiger partial charge is 0.256 e. The third kappa shape index (κ3) is 3.24. The van der Waals surface area contributed by atoms with Gasteiger partial charge in [0.25, 0.3) is 5.91 Å². The quantitative estimate of drug-likeness (QED) is 0.402. The fourth-order valence-electron chi connectivity index (χ4n) is 3.43. The third-order valence-electron chi connectivity index (χ3n) is 4.89. The van der Waals surface area contributed by atoms with Crippen LogP contribution >= 0.6 is 11.6 Å². The van der Waals surface area contributed by atoms with Gasteiger partial charge in [-0.25, -0.2) is 4.98 Å². The highest BCUT2D eigenvalue weighted by Gasteiger charge is 2.17. The molecule has 5 rings (SSSR count). The Labute approximate surface area is 172 Å². The molecule has 0 aliphatic heterocycles. The summed E-state index contributed by atoms with van der Waals surface area (Å²) in [4.78, 5) is 17.6. The van der Waals surface area contributed by atoms with Crippen molar-refractivity contribution < 1.29 is 4.79 Å². The molecule has 3 aromatic carbocycles. The number of carbonyl (C=O) groups excluding carboxylic acids is 1. The molecular formula is C24H16ClN3O. The summed E-state index contributed by atoms with van der Waals surface area (Å²) in [5.74, 6) is 0.421. The standard InChI is InChI=1S/C24H16ClN3O/c25-20-12-10-17(11-13-20)24(29)27-23-22(26-21-7-3-4-14-28(21)23)19-9-8-16-5-1-2-6-18(16)15-19/h1-15H,(H,27,29). The number of nitrogens with zero attached hydrogens (tertiary/aromatic N) is 2. The first-order valence-corrected chi connectivity index (χ1v) is 9.60. The van der Waals surface area contributed by atoms with E-state index in [1.54, 1.807) is 24.3 Å². The predicted octanol–water partition coefficient (Wildman–Crippen LogP) is 6.06. The Kier molecular flexibility index (Phi) is 4.26. The Bertz CT molecular complexity index is 1360. The molecule has 0 saturated carbocycles. The van der Waals surface area contributed by atoms with Crippen LogP contribution in [0.2, 0.25) is 5.02 Å². The fourth-order valence-corrected chi connectivity index (χ4v) is 3.56. The molecule has 0 aliphatic rings. The minimum absolute atomic E-state index is 0.214. The summed E-state index contributed by atoms with van der Waals surface area (Å²) in [6, 6.07) is 26.9. The number of pyridine rings is 1. The van der Waals surface area contributed by atoms with Gasteiger partial charge in [-0.05, 0) is 53.2 Å². The summed E-state index contributed by atoms with van der Waals surface area (Å²) in [5.41, 5.74) is 2.97. The molecule has 0 bridgehead atoms. The molecule has 5 heteroatoms. The average molecular weight is 398 g/mol. The van der Waals surface area contributed by atoms with Crippen LogP contribution in [0.25, 0.3) is 27.7 Å². The van der Waals surface area contributed by atoms with E-state index >= 15 is 0 Å². The maximum absolute atomic E-state index is 12.9. The summed E-state index contributed by atoms with van der Waals surface area (Å²) >= 11 is 5.94. The second kappa shape index (κ2) is 7.08. The summed E-state index contributed by atoms with van der Waals surface area (Å²) in [6.45, 7) is 0. The second-order valence-corrected chi connectivity index (χ2v) is 7.20. The van der Waals surface area contributed by atoms with Gasteiger partial charge in [-0.2, -0.15) is 0 Å². The maximum atomic E-state index is 12.9. The zero-order valence-electron chi connectivity index (χ0n) is 15.3. The summed E-state index contributed by atoms with van der Waals surface area (Å²) < 4.78 is 1.89. The molecule has 0 atom stereocenters. The molecule has 2 heterocycles. The molecular weight excluding hydrogens is 382 g/mol. The van der Waals surface area contributed by atoms with Crippen LogP contribution in [0.4, 0.5) is 5.82 Å². The van der Waals surface area contributed by atoms with Crippen molar-refractivity contribution in [2.45, 2.75) is 0 Å². The molecule has 4 nitrogen and oxygen atoms in total. The van der Waals surface area contributed by atoms with Gasteiger partial charge in [0.1, 0.15) is 17.2 Å². The monoisotopic (exact) mass is 397 g/mol. The van der Waals surface area contributed by atoms with Crippen LogP contribution in [-0.4, -0.2) is 15.3 Å². The van der Waals surface area contributed by atoms with Crippen molar-refractivity contribution in [2.75, 3.05) is 5.32 Å². The van der Waals surface area contributed by atoms with Gasteiger partial charge in [0.2, 0.25) is 0 Å². The van der Waals surface area contributed by atoms with E-state index in [2.05, 4.69) is 29.6 Å². The number of nitrogens with one attached hydrogen (secondary N) is 1. The molecule has 0 unspecified atom stereocenters. The van der Waals surface area contributed by atoms with Crippen molar-refractivity contribution in [2.24, 2.45) is 0 Å². The maximum Gasteiger partial charge on any atom is 0.256 e. The molecule has 140 valence electrons. The van der Waals surface area contributed by atoms with E-state index < -0.39 is 0 Å². The molecule has 1 amide bonds. The van der Waals surface area contributed by atoms with Gasteiger partial charge >= 0.3 is 0 Å². The number of aromatic nitrogens is 2. The van der Waals surface area contributed by atoms with Gasteiger partial charge in [0.05, 0.1) is 0 Å². The predicted molar refractivity (Wildman–Crippen MR) is 118 cm³/mol. The number of rotatable bonds is 3. The molecule has 0 aliphatic carbocycles. The molecule has 0 saturated heterocycles. The summed E-state index contributed by atoms with van der Waals surface area (Å²) in [6.07, 6.45) is 1.89. The number of benzene rings is 3. The van der Waals surface area contributed by atoms with Crippen LogP contribution < -0.4 is 5.32 Å². The number of anilines is 1. The van der Waals surface area contributed by atoms with E-state index in [0.717, 1.165) is 27.7 Å². The first-order chi connectivity index (χ1) is 14.2. The first-order valence-electron chi connectivity index (χ1n) is 9.22. The SMILES string of the molecule is O=C(Nc1c(-c2ccc3ccccc3c2)nc2ccccn12)c1ccc(Cl)cc1. The van der Waals surface area contributed by atoms with Gasteiger partial charge in [0.15, 0.2) is 0 Å². The van der Waals surface area contributed by atoms with Gasteiger partial charge in [0, 0.05) is 22.3 Å². The fraction of sp³-hybridized carbons (Fsp3) is 0. The van der Waals surface area contributed by atoms with Crippen LogP contribution in [-0.2, 0) is 0 Å². The normalized spacial score (nSPS) is 11.1. The molecule has 29 heavy (non-hydrogen) atoms. The van der Waals surface area contributed by atoms with Gasteiger partial charge < -0.3 is 5.32 Å². The number of imidazole rings is 1. The zero-order valence-corrected chi connectivity index (χ0v) is 16.1. The molecule has 2 aromatic heterocycles. The molecule has 0 radical (unpaired) electrons. The lowest BCUT2D eigenvalue weighted by molar-refractivity contribution is 0.102. The van der Waals surface area contributed by atoms with Gasteiger partial charge in [-0.3, -0.25) is 9.20 Å². The van der Waals surface area contributed by atoms with Crippen LogP contribution in [0.5, 0.6) is 0 Å². The van der Waals surface area contributed by atoms with Crippen LogP contribution in [0, 0.1) is 0 Å². The van der Waals surface area contributed by atoms with Gasteiger partial charge in [-0.15, -0.1) is 0 Å². The van der Waals surface area contributed by atoms with E-state index in [1.807, 2.05) is 47.0 Å². The Morgan fingerprint density at radius 1 is 0.862 bits per heavy atom. The van der Waals surface area contributed by atoms with Crippen molar-refractivity contribution in [1.82, 2.24) is 9.38 Å². The largest absolute Gasteiger partial charge is 0.306 e. The average Bonchev–Trinajstić information content (AvgIpc) is 3.12. The minimum Gasteiger partial charge on any atom is -0.306 e. The topological polar surface area (TPSA) is 46.4 Å². The van der Waals surface area contributed by atoms with Crippen LogP contribution in [0.3, 0.4) is 0 Å². The van der Waals surface area contributed by atoms with E-state index in [0.29, 0.717) is 16.4 Å². The van der Waals surface area contributed by atoms with Crippen molar-refractivity contribution in [3.8, 4) is 11.3 Å². The van der Waals surface area contributed by atoms with E-state index in [4.69, 9.17) is 16.6 Å². The lowest BCUT2D eigenvalue weighted by Gasteiger charge is -2.09. The number of halogens is 1. The second-order valence-electron chi connectivity index (χ2n) is 6.76. The lowest BCUT2D eigenvalue weighted by atomic mass is 10.0. The van der Waals surface area contributed by atoms with Gasteiger partial charge in [-0.1, -0.05) is 54.1 Å².